The summed E-state index contributed by atoms with van der Waals surface area (Å²) < 4.78 is 18.8. The fourth-order valence-electron chi connectivity index (χ4n) is 2.46. The first-order chi connectivity index (χ1) is 14.7. The number of nitrogens with zero attached hydrogens (tertiary/aromatic N) is 3. The zero-order chi connectivity index (χ0) is 23.4. The molecule has 1 amide bonds. The summed E-state index contributed by atoms with van der Waals surface area (Å²) in [5, 5.41) is 2.70. The molecule has 0 radical (unpaired) electrons. The molecule has 0 saturated heterocycles. The number of nitrogens with one attached hydrogen (secondary N) is 1. The van der Waals surface area contributed by atoms with Gasteiger partial charge in [-0.15, -0.1) is 0 Å². The maximum Gasteiger partial charge on any atom is 0.250 e. The van der Waals surface area contributed by atoms with E-state index in [4.69, 9.17) is 4.74 Å². The Morgan fingerprint density at radius 3 is 2.48 bits per heavy atom. The van der Waals surface area contributed by atoms with Gasteiger partial charge in [0.25, 0.3) is 0 Å². The molecule has 168 valence electrons. The van der Waals surface area contributed by atoms with E-state index in [0.717, 1.165) is 11.6 Å². The van der Waals surface area contributed by atoms with Gasteiger partial charge in [0.15, 0.2) is 0 Å². The number of guanidine groups is 1. The van der Waals surface area contributed by atoms with Crippen LogP contribution in [0.15, 0.2) is 48.0 Å². The number of aliphatic imine (C=N–C) groups is 1. The first kappa shape index (κ1) is 25.8. The first-order valence-electron chi connectivity index (χ1n) is 10.2. The van der Waals surface area contributed by atoms with Crippen LogP contribution in [0.1, 0.15) is 43.5 Å². The van der Waals surface area contributed by atoms with Crippen LogP contribution in [0.2, 0.25) is 0 Å². The molecule has 0 spiro atoms. The van der Waals surface area contributed by atoms with Gasteiger partial charge in [0, 0.05) is 25.4 Å². The third-order valence-corrected chi connectivity index (χ3v) is 4.33. The van der Waals surface area contributed by atoms with Gasteiger partial charge < -0.3 is 9.64 Å². The molecule has 0 atom stereocenters. The standard InChI is InChI=1S/C20H23FN4O2.C4H10/c1-6-19(26)24-20(23-17-11-16(27-5)8-7-13(17)2)25(4)12-15-9-14(3)22-18(21)10-15;1-3-4-2/h6-11H,1,12H2,2-5H3,(H,23,24,26);3-4H2,1-2H3. The molecule has 0 bridgehead atoms. The third kappa shape index (κ3) is 8.99. The number of rotatable bonds is 6. The highest BCUT2D eigenvalue weighted by Crippen LogP contribution is 2.25. The number of aromatic nitrogens is 1. The van der Waals surface area contributed by atoms with Gasteiger partial charge in [-0.2, -0.15) is 4.39 Å². The largest absolute Gasteiger partial charge is 0.497 e. The second-order valence-electron chi connectivity index (χ2n) is 7.08. The molecule has 0 saturated carbocycles. The van der Waals surface area contributed by atoms with Crippen molar-refractivity contribution < 1.29 is 13.9 Å². The fourth-order valence-corrected chi connectivity index (χ4v) is 2.46. The number of pyridine rings is 1. The fraction of sp³-hybridized carbons (Fsp3) is 0.375. The molecular weight excluding hydrogens is 395 g/mol. The quantitative estimate of drug-likeness (QED) is 0.302. The van der Waals surface area contributed by atoms with Crippen LogP contribution in [0.5, 0.6) is 5.75 Å². The van der Waals surface area contributed by atoms with Gasteiger partial charge in [0.2, 0.25) is 17.8 Å². The lowest BCUT2D eigenvalue weighted by Crippen LogP contribution is -2.41. The average Bonchev–Trinajstić information content (AvgIpc) is 2.73. The maximum absolute atomic E-state index is 13.6. The second kappa shape index (κ2) is 13.2. The van der Waals surface area contributed by atoms with E-state index in [1.807, 2.05) is 19.1 Å². The second-order valence-corrected chi connectivity index (χ2v) is 7.08. The number of ether oxygens (including phenoxy) is 1. The van der Waals surface area contributed by atoms with Crippen LogP contribution in [-0.2, 0) is 11.3 Å². The van der Waals surface area contributed by atoms with Crippen molar-refractivity contribution in [3.05, 3.63) is 65.8 Å². The number of unbranched alkanes of at least 4 members (excludes halogenated alkanes) is 1. The zero-order valence-corrected chi connectivity index (χ0v) is 19.3. The molecule has 1 aromatic carbocycles. The summed E-state index contributed by atoms with van der Waals surface area (Å²) in [4.78, 5) is 21.9. The van der Waals surface area contributed by atoms with E-state index in [1.54, 1.807) is 38.1 Å². The van der Waals surface area contributed by atoms with Crippen molar-refractivity contribution >= 4 is 17.6 Å². The molecule has 1 heterocycles. The Balaban J connectivity index is 0.00000110. The number of carbonyl (C=O) groups excluding carboxylic acids is 1. The minimum atomic E-state index is -0.546. The summed E-state index contributed by atoms with van der Waals surface area (Å²) in [6, 6.07) is 8.63. The molecule has 1 aromatic heterocycles. The van der Waals surface area contributed by atoms with Crippen molar-refractivity contribution in [3.63, 3.8) is 0 Å². The molecule has 0 aliphatic rings. The summed E-state index contributed by atoms with van der Waals surface area (Å²) in [5.41, 5.74) is 2.86. The first-order valence-corrected chi connectivity index (χ1v) is 10.2. The Kier molecular flexibility index (Phi) is 11.0. The van der Waals surface area contributed by atoms with Gasteiger partial charge in [-0.1, -0.05) is 39.3 Å². The number of carbonyl (C=O) groups is 1. The molecule has 2 rings (SSSR count). The van der Waals surface area contributed by atoms with E-state index < -0.39 is 11.9 Å². The highest BCUT2D eigenvalue weighted by molar-refractivity contribution is 6.02. The monoisotopic (exact) mass is 428 g/mol. The number of benzene rings is 1. The van der Waals surface area contributed by atoms with Crippen LogP contribution in [0.25, 0.3) is 0 Å². The van der Waals surface area contributed by atoms with Crippen molar-refractivity contribution in [2.45, 2.75) is 47.1 Å². The summed E-state index contributed by atoms with van der Waals surface area (Å²) >= 11 is 0. The number of halogens is 1. The molecule has 7 heteroatoms. The Labute approximate surface area is 184 Å². The van der Waals surface area contributed by atoms with Gasteiger partial charge in [-0.25, -0.2) is 9.98 Å². The summed E-state index contributed by atoms with van der Waals surface area (Å²) in [7, 11) is 3.33. The average molecular weight is 429 g/mol. The van der Waals surface area contributed by atoms with E-state index in [1.165, 1.54) is 18.9 Å². The molecule has 0 aliphatic heterocycles. The highest BCUT2D eigenvalue weighted by atomic mass is 19.1. The molecule has 31 heavy (non-hydrogen) atoms. The summed E-state index contributed by atoms with van der Waals surface area (Å²) in [5.74, 6) is 0.0308. The SMILES string of the molecule is C=CC(=O)NC(=Nc1cc(OC)ccc1C)N(C)Cc1cc(C)nc(F)c1.CCCC. The van der Waals surface area contributed by atoms with Crippen LogP contribution >= 0.6 is 0 Å². The van der Waals surface area contributed by atoms with E-state index >= 15 is 0 Å². The number of methoxy groups -OCH3 is 1. The molecule has 0 aliphatic carbocycles. The number of amides is 1. The number of hydrogen-bond acceptors (Lipinski definition) is 4. The predicted octanol–water partition coefficient (Wildman–Crippen LogP) is 5.07. The zero-order valence-electron chi connectivity index (χ0n) is 19.3. The molecule has 0 fully saturated rings. The smallest absolute Gasteiger partial charge is 0.250 e. The van der Waals surface area contributed by atoms with Gasteiger partial charge in [0.1, 0.15) is 5.75 Å². The normalized spacial score (nSPS) is 10.6. The Hall–Kier alpha value is -3.22. The van der Waals surface area contributed by atoms with E-state index in [9.17, 15) is 9.18 Å². The summed E-state index contributed by atoms with van der Waals surface area (Å²) in [6.45, 7) is 11.8. The van der Waals surface area contributed by atoms with Crippen molar-refractivity contribution in [1.29, 1.82) is 0 Å². The number of aryl methyl sites for hydroxylation is 2. The lowest BCUT2D eigenvalue weighted by molar-refractivity contribution is -0.115. The molecule has 2 aromatic rings. The van der Waals surface area contributed by atoms with E-state index in [2.05, 4.69) is 35.7 Å². The van der Waals surface area contributed by atoms with Crippen LogP contribution in [0.3, 0.4) is 0 Å². The van der Waals surface area contributed by atoms with Crippen LogP contribution in [0.4, 0.5) is 10.1 Å². The van der Waals surface area contributed by atoms with Gasteiger partial charge >= 0.3 is 0 Å². The van der Waals surface area contributed by atoms with E-state index in [-0.39, 0.29) is 0 Å². The highest BCUT2D eigenvalue weighted by Gasteiger charge is 2.12. The topological polar surface area (TPSA) is 66.8 Å². The number of hydrogen-bond donors (Lipinski definition) is 1. The lowest BCUT2D eigenvalue weighted by atomic mass is 10.2. The molecule has 1 N–H and O–H groups in total. The van der Waals surface area contributed by atoms with Crippen LogP contribution in [0, 0.1) is 19.8 Å². The Morgan fingerprint density at radius 1 is 1.26 bits per heavy atom. The minimum Gasteiger partial charge on any atom is -0.497 e. The molecular formula is C24H33FN4O2. The summed E-state index contributed by atoms with van der Waals surface area (Å²) in [6.07, 6.45) is 3.80. The van der Waals surface area contributed by atoms with Crippen molar-refractivity contribution in [3.8, 4) is 5.75 Å². The van der Waals surface area contributed by atoms with Gasteiger partial charge in [-0.3, -0.25) is 10.1 Å². The Morgan fingerprint density at radius 2 is 1.94 bits per heavy atom. The molecule has 6 nitrogen and oxygen atoms in total. The van der Waals surface area contributed by atoms with Gasteiger partial charge in [0.05, 0.1) is 12.8 Å². The van der Waals surface area contributed by atoms with Gasteiger partial charge in [-0.05, 0) is 49.2 Å². The molecule has 0 unspecified atom stereocenters. The predicted molar refractivity (Wildman–Crippen MR) is 124 cm³/mol. The van der Waals surface area contributed by atoms with Crippen molar-refractivity contribution in [1.82, 2.24) is 15.2 Å². The van der Waals surface area contributed by atoms with Crippen LogP contribution in [-0.4, -0.2) is 35.9 Å². The lowest BCUT2D eigenvalue weighted by Gasteiger charge is -2.22. The van der Waals surface area contributed by atoms with Crippen molar-refractivity contribution in [2.75, 3.05) is 14.2 Å². The minimum absolute atomic E-state index is 0.311. The van der Waals surface area contributed by atoms with E-state index in [0.29, 0.717) is 35.2 Å². The van der Waals surface area contributed by atoms with Crippen molar-refractivity contribution in [2.24, 2.45) is 4.99 Å². The third-order valence-electron chi connectivity index (χ3n) is 4.33. The van der Waals surface area contributed by atoms with Crippen LogP contribution < -0.4 is 10.1 Å². The Bertz CT molecular complexity index is 890. The maximum atomic E-state index is 13.6.